The number of benzene rings is 1. The zero-order chi connectivity index (χ0) is 16.2. The molecule has 0 radical (unpaired) electrons. The Labute approximate surface area is 139 Å². The Hall–Kier alpha value is -2.24. The van der Waals surface area contributed by atoms with Crippen LogP contribution >= 0.6 is 11.3 Å². The monoisotopic (exact) mass is 325 g/mol. The fourth-order valence-electron chi connectivity index (χ4n) is 2.50. The Bertz CT molecular complexity index is 791. The van der Waals surface area contributed by atoms with Crippen LogP contribution in [0.3, 0.4) is 0 Å². The highest BCUT2D eigenvalue weighted by atomic mass is 32.1. The van der Waals surface area contributed by atoms with Crippen LogP contribution in [0.15, 0.2) is 47.8 Å². The largest absolute Gasteiger partial charge is 0.296 e. The quantitative estimate of drug-likeness (QED) is 0.698. The first-order valence-electron chi connectivity index (χ1n) is 7.48. The van der Waals surface area contributed by atoms with Crippen molar-refractivity contribution in [2.45, 2.75) is 20.0 Å². The van der Waals surface area contributed by atoms with Crippen molar-refractivity contribution in [1.29, 1.82) is 0 Å². The molecule has 0 atom stereocenters. The number of nitrogens with zero attached hydrogens (tertiary/aromatic N) is 2. The fourth-order valence-corrected chi connectivity index (χ4v) is 3.31. The van der Waals surface area contributed by atoms with Gasteiger partial charge in [-0.15, -0.1) is 11.3 Å². The van der Waals surface area contributed by atoms with E-state index in [1.54, 1.807) is 6.92 Å². The van der Waals surface area contributed by atoms with Gasteiger partial charge in [-0.05, 0) is 37.0 Å². The van der Waals surface area contributed by atoms with E-state index >= 15 is 0 Å². The predicted molar refractivity (Wildman–Crippen MR) is 93.5 cm³/mol. The molecule has 0 saturated carbocycles. The van der Waals surface area contributed by atoms with Crippen LogP contribution in [0.4, 0.5) is 0 Å². The minimum absolute atomic E-state index is 0.130. The second-order valence-electron chi connectivity index (χ2n) is 5.69. The number of aromatic amines is 1. The molecule has 4 nitrogen and oxygen atoms in total. The summed E-state index contributed by atoms with van der Waals surface area (Å²) in [6.07, 6.45) is 0. The smallest absolute Gasteiger partial charge is 0.169 e. The predicted octanol–water partition coefficient (Wildman–Crippen LogP) is 3.97. The highest BCUT2D eigenvalue weighted by molar-refractivity contribution is 7.12. The Morgan fingerprint density at radius 2 is 2.00 bits per heavy atom. The van der Waals surface area contributed by atoms with Gasteiger partial charge in [0.15, 0.2) is 5.78 Å². The molecule has 23 heavy (non-hydrogen) atoms. The van der Waals surface area contributed by atoms with E-state index in [0.29, 0.717) is 0 Å². The van der Waals surface area contributed by atoms with E-state index in [0.717, 1.165) is 34.9 Å². The number of Topliss-reactive ketones (excluding diaryl/α,β-unsaturated/α-hetero) is 1. The molecule has 0 unspecified atom stereocenters. The van der Waals surface area contributed by atoms with Crippen LogP contribution in [0.2, 0.25) is 0 Å². The lowest BCUT2D eigenvalue weighted by Crippen LogP contribution is -2.17. The number of hydrogen-bond acceptors (Lipinski definition) is 4. The molecule has 3 rings (SSSR count). The molecule has 2 aromatic heterocycles. The zero-order valence-electron chi connectivity index (χ0n) is 13.2. The first kappa shape index (κ1) is 15.6. The molecule has 0 saturated heterocycles. The molecule has 0 aliphatic heterocycles. The summed E-state index contributed by atoms with van der Waals surface area (Å²) in [5.41, 5.74) is 4.32. The van der Waals surface area contributed by atoms with Gasteiger partial charge in [0.25, 0.3) is 0 Å². The van der Waals surface area contributed by atoms with Crippen molar-refractivity contribution < 1.29 is 4.79 Å². The Morgan fingerprint density at radius 3 is 2.70 bits per heavy atom. The summed E-state index contributed by atoms with van der Waals surface area (Å²) in [4.78, 5) is 14.4. The van der Waals surface area contributed by atoms with Crippen molar-refractivity contribution >= 4 is 17.1 Å². The number of nitrogens with one attached hydrogen (secondary N) is 1. The highest BCUT2D eigenvalue weighted by Gasteiger charge is 2.09. The van der Waals surface area contributed by atoms with E-state index in [-0.39, 0.29) is 5.78 Å². The van der Waals surface area contributed by atoms with Crippen molar-refractivity contribution in [3.63, 3.8) is 0 Å². The minimum Gasteiger partial charge on any atom is -0.296 e. The van der Waals surface area contributed by atoms with Gasteiger partial charge < -0.3 is 0 Å². The molecular formula is C18H19N3OS. The van der Waals surface area contributed by atoms with E-state index < -0.39 is 0 Å². The maximum absolute atomic E-state index is 11.4. The number of ketones is 1. The third-order valence-electron chi connectivity index (χ3n) is 3.59. The van der Waals surface area contributed by atoms with E-state index in [4.69, 9.17) is 0 Å². The molecule has 0 spiro atoms. The number of thiophene rings is 1. The molecule has 5 heteroatoms. The lowest BCUT2D eigenvalue weighted by Gasteiger charge is -2.14. The van der Waals surface area contributed by atoms with Crippen LogP contribution in [0.1, 0.15) is 27.9 Å². The SMILES string of the molecule is CC(=O)c1cc(CN(C)Cc2cc(-c3ccccc3)n[nH]2)cs1. The van der Waals surface area contributed by atoms with E-state index in [1.165, 1.54) is 16.9 Å². The molecule has 0 aliphatic rings. The number of rotatable bonds is 6. The average molecular weight is 325 g/mol. The van der Waals surface area contributed by atoms with Gasteiger partial charge in [0.2, 0.25) is 0 Å². The van der Waals surface area contributed by atoms with Gasteiger partial charge in [0.1, 0.15) is 0 Å². The van der Waals surface area contributed by atoms with Gasteiger partial charge >= 0.3 is 0 Å². The summed E-state index contributed by atoms with van der Waals surface area (Å²) in [6.45, 7) is 3.20. The average Bonchev–Trinajstić information content (AvgIpc) is 3.18. The number of aromatic nitrogens is 2. The van der Waals surface area contributed by atoms with Crippen molar-refractivity contribution in [3.05, 3.63) is 64.0 Å². The van der Waals surface area contributed by atoms with Crippen LogP contribution in [0.5, 0.6) is 0 Å². The fraction of sp³-hybridized carbons (Fsp3) is 0.222. The second-order valence-corrected chi connectivity index (χ2v) is 6.60. The van der Waals surface area contributed by atoms with Gasteiger partial charge in [-0.2, -0.15) is 5.10 Å². The Morgan fingerprint density at radius 1 is 1.22 bits per heavy atom. The lowest BCUT2D eigenvalue weighted by atomic mass is 10.1. The third-order valence-corrected chi connectivity index (χ3v) is 4.67. The molecule has 118 valence electrons. The van der Waals surface area contributed by atoms with Crippen molar-refractivity contribution in [2.75, 3.05) is 7.05 Å². The molecule has 3 aromatic rings. The van der Waals surface area contributed by atoms with Gasteiger partial charge in [0, 0.05) is 24.3 Å². The van der Waals surface area contributed by atoms with Gasteiger partial charge in [-0.3, -0.25) is 14.8 Å². The number of carbonyl (C=O) groups excluding carboxylic acids is 1. The van der Waals surface area contributed by atoms with E-state index in [1.807, 2.05) is 24.3 Å². The summed E-state index contributed by atoms with van der Waals surface area (Å²) < 4.78 is 0. The van der Waals surface area contributed by atoms with Crippen molar-refractivity contribution in [3.8, 4) is 11.3 Å². The molecule has 0 aliphatic carbocycles. The number of H-pyrrole nitrogens is 1. The molecule has 0 fully saturated rings. The summed E-state index contributed by atoms with van der Waals surface area (Å²) in [6, 6.07) is 14.2. The van der Waals surface area contributed by atoms with Gasteiger partial charge in [0.05, 0.1) is 10.6 Å². The molecular weight excluding hydrogens is 306 g/mol. The van der Waals surface area contributed by atoms with E-state index in [2.05, 4.69) is 45.7 Å². The minimum atomic E-state index is 0.130. The van der Waals surface area contributed by atoms with Crippen LogP contribution in [0.25, 0.3) is 11.3 Å². The first-order valence-corrected chi connectivity index (χ1v) is 8.36. The molecule has 2 heterocycles. The summed E-state index contributed by atoms with van der Waals surface area (Å²) >= 11 is 1.51. The van der Waals surface area contributed by atoms with Crippen LogP contribution in [0, 0.1) is 0 Å². The standard InChI is InChI=1S/C18H19N3OS/c1-13(22)18-8-14(12-23-18)10-21(2)11-16-9-17(20-19-16)15-6-4-3-5-7-15/h3-9,12H,10-11H2,1-2H3,(H,19,20). The maximum atomic E-state index is 11.4. The van der Waals surface area contributed by atoms with Crippen LogP contribution < -0.4 is 0 Å². The Kier molecular flexibility index (Phi) is 4.69. The van der Waals surface area contributed by atoms with Gasteiger partial charge in [-0.25, -0.2) is 0 Å². The topological polar surface area (TPSA) is 49.0 Å². The third kappa shape index (κ3) is 3.94. The molecule has 1 N–H and O–H groups in total. The maximum Gasteiger partial charge on any atom is 0.169 e. The number of hydrogen-bond donors (Lipinski definition) is 1. The highest BCUT2D eigenvalue weighted by Crippen LogP contribution is 2.19. The van der Waals surface area contributed by atoms with Crippen molar-refractivity contribution in [1.82, 2.24) is 15.1 Å². The second kappa shape index (κ2) is 6.89. The first-order chi connectivity index (χ1) is 11.1. The van der Waals surface area contributed by atoms with Crippen molar-refractivity contribution in [2.24, 2.45) is 0 Å². The number of carbonyl (C=O) groups is 1. The zero-order valence-corrected chi connectivity index (χ0v) is 14.1. The normalized spacial score (nSPS) is 11.1. The molecule has 1 aromatic carbocycles. The van der Waals surface area contributed by atoms with E-state index in [9.17, 15) is 4.79 Å². The summed E-state index contributed by atoms with van der Waals surface area (Å²) in [5, 5.41) is 9.53. The molecule has 0 bridgehead atoms. The van der Waals surface area contributed by atoms with Gasteiger partial charge in [-0.1, -0.05) is 30.3 Å². The summed E-state index contributed by atoms with van der Waals surface area (Å²) in [7, 11) is 2.06. The molecule has 0 amide bonds. The lowest BCUT2D eigenvalue weighted by molar-refractivity contribution is 0.102. The Balaban J connectivity index is 1.62. The van der Waals surface area contributed by atoms with Crippen LogP contribution in [-0.2, 0) is 13.1 Å². The van der Waals surface area contributed by atoms with Crippen LogP contribution in [-0.4, -0.2) is 27.9 Å². The summed E-state index contributed by atoms with van der Waals surface area (Å²) in [5.74, 6) is 0.130.